The van der Waals surface area contributed by atoms with Crippen molar-refractivity contribution in [3.8, 4) is 0 Å². The summed E-state index contributed by atoms with van der Waals surface area (Å²) in [5.74, 6) is -3.54. The lowest BCUT2D eigenvalue weighted by molar-refractivity contribution is 0.126. The minimum absolute atomic E-state index is 0.0218. The normalized spacial score (nSPS) is 31.8. The number of nitrogens with one attached hydrogen (secondary N) is 2. The summed E-state index contributed by atoms with van der Waals surface area (Å²) in [7, 11) is 0. The summed E-state index contributed by atoms with van der Waals surface area (Å²) in [6, 6.07) is -0.877. The number of fused-ring (bicyclic) bond motifs is 1. The molecule has 3 N–H and O–H groups in total. The Hall–Kier alpha value is -2.92. The Kier molecular flexibility index (Phi) is 4.71. The molecule has 3 heterocycles. The highest BCUT2D eigenvalue weighted by Gasteiger charge is 2.27. The van der Waals surface area contributed by atoms with Gasteiger partial charge in [-0.2, -0.15) is 4.98 Å². The van der Waals surface area contributed by atoms with Gasteiger partial charge in [0.15, 0.2) is 17.3 Å². The first-order valence-electron chi connectivity index (χ1n) is 11.9. The second kappa shape index (κ2) is 8.55. The third-order valence-electron chi connectivity index (χ3n) is 5.55. The number of halogens is 3. The van der Waals surface area contributed by atoms with E-state index in [1.165, 1.54) is 6.20 Å². The zero-order valence-electron chi connectivity index (χ0n) is 19.9. The molecule has 2 aromatic heterocycles. The number of rotatable bonds is 5. The minimum atomic E-state index is -1.91. The molecule has 32 heavy (non-hydrogen) atoms. The van der Waals surface area contributed by atoms with Crippen LogP contribution in [0, 0.1) is 17.5 Å². The molecule has 5 rings (SSSR count). The van der Waals surface area contributed by atoms with Crippen molar-refractivity contribution in [3.05, 3.63) is 35.8 Å². The Balaban J connectivity index is 1.59. The number of aliphatic hydroxyl groups excluding tert-OH is 1. The van der Waals surface area contributed by atoms with Crippen molar-refractivity contribution in [2.75, 3.05) is 23.8 Å². The zero-order valence-corrected chi connectivity index (χ0v) is 16.9. The molecule has 2 aliphatic rings. The van der Waals surface area contributed by atoms with Gasteiger partial charge in [0.1, 0.15) is 17.0 Å². The number of hydrogen-bond acceptors (Lipinski definition) is 7. The molecule has 11 heteroatoms. The Morgan fingerprint density at radius 2 is 1.88 bits per heavy atom. The number of nitrogens with zero attached hydrogens (tertiary/aromatic N) is 4. The Bertz CT molecular complexity index is 1240. The van der Waals surface area contributed by atoms with Crippen molar-refractivity contribution in [3.63, 3.8) is 0 Å². The predicted octanol–water partition coefficient (Wildman–Crippen LogP) is 3.66. The monoisotopic (exact) mass is 451 g/mol. The van der Waals surface area contributed by atoms with Gasteiger partial charge in [-0.3, -0.25) is 4.57 Å². The predicted molar refractivity (Wildman–Crippen MR) is 111 cm³/mol. The van der Waals surface area contributed by atoms with Crippen molar-refractivity contribution < 1.29 is 27.1 Å². The molecular weight excluding hydrogens is 425 g/mol. The molecule has 170 valence electrons. The van der Waals surface area contributed by atoms with Crippen LogP contribution in [0.15, 0.2) is 18.3 Å². The van der Waals surface area contributed by atoms with Crippen LogP contribution in [0.4, 0.5) is 30.8 Å². The molecule has 1 aromatic carbocycles. The summed E-state index contributed by atoms with van der Waals surface area (Å²) < 4.78 is 73.6. The fourth-order valence-corrected chi connectivity index (χ4v) is 3.93. The summed E-state index contributed by atoms with van der Waals surface area (Å²) >= 11 is 0. The lowest BCUT2D eigenvalue weighted by atomic mass is 9.93. The molecule has 0 radical (unpaired) electrons. The van der Waals surface area contributed by atoms with Gasteiger partial charge in [0.05, 0.1) is 29.0 Å². The number of benzene rings is 1. The average molecular weight is 451 g/mol. The Morgan fingerprint density at radius 3 is 2.56 bits per heavy atom. The van der Waals surface area contributed by atoms with Crippen LogP contribution >= 0.6 is 0 Å². The van der Waals surface area contributed by atoms with E-state index < -0.39 is 42.3 Å². The van der Waals surface area contributed by atoms with E-state index in [4.69, 9.17) is 8.85 Å². The SMILES string of the molecule is [2H]C1CC([2H])(n2c(Nc3c(F)cc(F)cc3F)nc3cnc(NC4CCC(O)CC4)nc32)C([2H])O1. The summed E-state index contributed by atoms with van der Waals surface area (Å²) in [4.78, 5) is 13.0. The van der Waals surface area contributed by atoms with Crippen LogP contribution < -0.4 is 10.6 Å². The fraction of sp³-hybridized carbons (Fsp3) is 0.476. The van der Waals surface area contributed by atoms with Crippen LogP contribution in [0.25, 0.3) is 11.2 Å². The lowest BCUT2D eigenvalue weighted by Gasteiger charge is -2.26. The first kappa shape index (κ1) is 17.6. The third-order valence-corrected chi connectivity index (χ3v) is 5.55. The third kappa shape index (κ3) is 4.09. The van der Waals surface area contributed by atoms with Gasteiger partial charge in [-0.05, 0) is 32.1 Å². The molecule has 3 atom stereocenters. The van der Waals surface area contributed by atoms with E-state index in [9.17, 15) is 18.3 Å². The second-order valence-electron chi connectivity index (χ2n) is 7.81. The van der Waals surface area contributed by atoms with E-state index in [-0.39, 0.29) is 41.6 Å². The molecule has 2 fully saturated rings. The van der Waals surface area contributed by atoms with Crippen molar-refractivity contribution in [1.29, 1.82) is 0 Å². The summed E-state index contributed by atoms with van der Waals surface area (Å²) in [5.41, 5.74) is -0.428. The average Bonchev–Trinajstić information content (AvgIpc) is 3.28. The minimum Gasteiger partial charge on any atom is -0.393 e. The number of aromatic nitrogens is 4. The van der Waals surface area contributed by atoms with Gasteiger partial charge < -0.3 is 20.5 Å². The first-order chi connectivity index (χ1) is 16.6. The van der Waals surface area contributed by atoms with E-state index in [1.54, 1.807) is 0 Å². The van der Waals surface area contributed by atoms with Crippen LogP contribution in [0.3, 0.4) is 0 Å². The molecule has 1 saturated heterocycles. The number of anilines is 3. The van der Waals surface area contributed by atoms with E-state index >= 15 is 0 Å². The highest BCUT2D eigenvalue weighted by Crippen LogP contribution is 2.32. The lowest BCUT2D eigenvalue weighted by Crippen LogP contribution is -2.29. The van der Waals surface area contributed by atoms with Crippen molar-refractivity contribution in [2.24, 2.45) is 0 Å². The topological polar surface area (TPSA) is 97.1 Å². The van der Waals surface area contributed by atoms with Crippen LogP contribution in [0.5, 0.6) is 0 Å². The van der Waals surface area contributed by atoms with Crippen LogP contribution in [-0.4, -0.2) is 49.9 Å². The molecule has 0 spiro atoms. The molecule has 3 aromatic rings. The van der Waals surface area contributed by atoms with Crippen LogP contribution in [0.2, 0.25) is 0 Å². The zero-order chi connectivity index (χ0) is 24.9. The maximum Gasteiger partial charge on any atom is 0.224 e. The van der Waals surface area contributed by atoms with Gasteiger partial charge in [0.25, 0.3) is 0 Å². The number of hydrogen-bond donors (Lipinski definition) is 3. The molecule has 3 unspecified atom stereocenters. The maximum absolute atomic E-state index is 14.4. The summed E-state index contributed by atoms with van der Waals surface area (Å²) in [5, 5.41) is 15.4. The van der Waals surface area contributed by atoms with Gasteiger partial charge >= 0.3 is 0 Å². The first-order valence-corrected chi connectivity index (χ1v) is 10.3. The summed E-state index contributed by atoms with van der Waals surface area (Å²) in [6.07, 6.45) is 3.50. The van der Waals surface area contributed by atoms with E-state index in [2.05, 4.69) is 25.6 Å². The quantitative estimate of drug-likeness (QED) is 0.545. The van der Waals surface area contributed by atoms with Gasteiger partial charge in [-0.25, -0.2) is 23.1 Å². The fourth-order valence-electron chi connectivity index (χ4n) is 3.93. The largest absolute Gasteiger partial charge is 0.393 e. The highest BCUT2D eigenvalue weighted by molar-refractivity contribution is 5.76. The second-order valence-corrected chi connectivity index (χ2v) is 7.81. The Morgan fingerprint density at radius 1 is 1.12 bits per heavy atom. The van der Waals surface area contributed by atoms with Crippen LogP contribution in [-0.2, 0) is 4.74 Å². The smallest absolute Gasteiger partial charge is 0.224 e. The number of imidazole rings is 1. The molecule has 0 bridgehead atoms. The molecule has 1 aliphatic heterocycles. The van der Waals surface area contributed by atoms with Crippen LogP contribution in [0.1, 0.15) is 42.2 Å². The van der Waals surface area contributed by atoms with Crippen molar-refractivity contribution >= 4 is 28.7 Å². The van der Waals surface area contributed by atoms with Gasteiger partial charge in [-0.1, -0.05) is 0 Å². The van der Waals surface area contributed by atoms with E-state index in [0.717, 1.165) is 4.57 Å². The molecule has 8 nitrogen and oxygen atoms in total. The molecule has 1 aliphatic carbocycles. The molecular formula is C21H23F3N6O2. The van der Waals surface area contributed by atoms with E-state index in [1.807, 2.05) is 0 Å². The highest BCUT2D eigenvalue weighted by atomic mass is 19.1. The van der Waals surface area contributed by atoms with Gasteiger partial charge in [-0.15, -0.1) is 0 Å². The standard InChI is InChI=1S/C21H23F3N6O2/c22-11-7-15(23)18(16(24)8-11)28-21-27-17-9-25-20(26-12-1-3-14(31)4-2-12)29-19(17)30(21)13-5-6-32-10-13/h7-9,12-14,31H,1-6,10H2,(H,27,28)(H,25,26,29)/i6D,10D,13D. The van der Waals surface area contributed by atoms with E-state index in [0.29, 0.717) is 37.8 Å². The Labute approximate surface area is 186 Å². The maximum atomic E-state index is 14.4. The number of aliphatic hydroxyl groups is 1. The molecule has 0 amide bonds. The van der Waals surface area contributed by atoms with Gasteiger partial charge in [0, 0.05) is 24.8 Å². The number of ether oxygens (including phenoxy) is 1. The van der Waals surface area contributed by atoms with Crippen molar-refractivity contribution in [2.45, 2.75) is 50.3 Å². The van der Waals surface area contributed by atoms with Crippen molar-refractivity contribution in [1.82, 2.24) is 19.5 Å². The van der Waals surface area contributed by atoms with Gasteiger partial charge in [0.2, 0.25) is 11.9 Å². The summed E-state index contributed by atoms with van der Waals surface area (Å²) in [6.45, 7) is -2.69. The molecule has 1 saturated carbocycles.